The molecule has 2 aromatic carbocycles. The highest BCUT2D eigenvalue weighted by molar-refractivity contribution is 7.99. The predicted molar refractivity (Wildman–Crippen MR) is 127 cm³/mol. The van der Waals surface area contributed by atoms with Crippen molar-refractivity contribution in [1.82, 2.24) is 9.55 Å². The molecule has 0 fully saturated rings. The minimum atomic E-state index is -0.201. The van der Waals surface area contributed by atoms with E-state index >= 15 is 0 Å². The van der Waals surface area contributed by atoms with Crippen LogP contribution >= 0.6 is 23.1 Å². The van der Waals surface area contributed by atoms with E-state index in [0.29, 0.717) is 33.4 Å². The van der Waals surface area contributed by atoms with Gasteiger partial charge in [0.1, 0.15) is 10.4 Å². The van der Waals surface area contributed by atoms with E-state index in [0.717, 1.165) is 11.3 Å². The van der Waals surface area contributed by atoms with Crippen molar-refractivity contribution < 1.29 is 9.53 Å². The fourth-order valence-corrected chi connectivity index (χ4v) is 4.75. The summed E-state index contributed by atoms with van der Waals surface area (Å²) in [7, 11) is 0. The number of hydrogen-bond acceptors (Lipinski definition) is 6. The van der Waals surface area contributed by atoms with Crippen molar-refractivity contribution in [1.29, 1.82) is 0 Å². The second-order valence-corrected chi connectivity index (χ2v) is 8.58. The van der Waals surface area contributed by atoms with Gasteiger partial charge in [0, 0.05) is 0 Å². The first-order chi connectivity index (χ1) is 15.1. The van der Waals surface area contributed by atoms with Gasteiger partial charge in [-0.2, -0.15) is 0 Å². The molecule has 2 aromatic heterocycles. The highest BCUT2D eigenvalue weighted by Crippen LogP contribution is 2.27. The summed E-state index contributed by atoms with van der Waals surface area (Å²) >= 11 is 2.60. The SMILES string of the molecule is CCOc1ccccc1NC(=O)CSc1nc2ccsc2c(=O)n1-c1ccccc1C. The molecule has 4 rings (SSSR count). The zero-order chi connectivity index (χ0) is 21.8. The molecule has 4 aromatic rings. The molecular formula is C23H21N3O3S2. The lowest BCUT2D eigenvalue weighted by Crippen LogP contribution is -2.22. The monoisotopic (exact) mass is 451 g/mol. The van der Waals surface area contributed by atoms with Crippen molar-refractivity contribution in [2.45, 2.75) is 19.0 Å². The van der Waals surface area contributed by atoms with Crippen LogP contribution in [0.2, 0.25) is 0 Å². The van der Waals surface area contributed by atoms with Gasteiger partial charge in [0.25, 0.3) is 5.56 Å². The molecule has 6 nitrogen and oxygen atoms in total. The van der Waals surface area contributed by atoms with Crippen LogP contribution in [0.25, 0.3) is 15.9 Å². The summed E-state index contributed by atoms with van der Waals surface area (Å²) in [4.78, 5) is 30.5. The minimum absolute atomic E-state index is 0.106. The number of amides is 1. The number of carbonyl (C=O) groups is 1. The van der Waals surface area contributed by atoms with E-state index in [1.165, 1.54) is 23.1 Å². The second kappa shape index (κ2) is 9.36. The van der Waals surface area contributed by atoms with Gasteiger partial charge in [0.15, 0.2) is 5.16 Å². The smallest absolute Gasteiger partial charge is 0.276 e. The van der Waals surface area contributed by atoms with Gasteiger partial charge < -0.3 is 10.1 Å². The van der Waals surface area contributed by atoms with Crippen molar-refractivity contribution in [3.63, 3.8) is 0 Å². The number of benzene rings is 2. The quantitative estimate of drug-likeness (QED) is 0.320. The second-order valence-electron chi connectivity index (χ2n) is 6.72. The largest absolute Gasteiger partial charge is 0.492 e. The van der Waals surface area contributed by atoms with Gasteiger partial charge in [-0.1, -0.05) is 42.1 Å². The van der Waals surface area contributed by atoms with Crippen LogP contribution in [-0.2, 0) is 4.79 Å². The number of nitrogens with zero attached hydrogens (tertiary/aromatic N) is 2. The highest BCUT2D eigenvalue weighted by atomic mass is 32.2. The molecule has 1 amide bonds. The van der Waals surface area contributed by atoms with Crippen molar-refractivity contribution in [3.8, 4) is 11.4 Å². The van der Waals surface area contributed by atoms with E-state index in [-0.39, 0.29) is 17.2 Å². The van der Waals surface area contributed by atoms with Crippen molar-refractivity contribution in [2.24, 2.45) is 0 Å². The Morgan fingerprint density at radius 1 is 1.16 bits per heavy atom. The average molecular weight is 452 g/mol. The van der Waals surface area contributed by atoms with Gasteiger partial charge in [0.2, 0.25) is 5.91 Å². The highest BCUT2D eigenvalue weighted by Gasteiger charge is 2.17. The van der Waals surface area contributed by atoms with E-state index < -0.39 is 0 Å². The molecule has 0 spiro atoms. The normalized spacial score (nSPS) is 10.9. The number of aromatic nitrogens is 2. The van der Waals surface area contributed by atoms with E-state index in [2.05, 4.69) is 10.3 Å². The van der Waals surface area contributed by atoms with Crippen LogP contribution in [0.3, 0.4) is 0 Å². The molecular weight excluding hydrogens is 430 g/mol. The zero-order valence-corrected chi connectivity index (χ0v) is 18.8. The van der Waals surface area contributed by atoms with Crippen LogP contribution in [0, 0.1) is 6.92 Å². The molecule has 8 heteroatoms. The molecule has 0 aliphatic rings. The first-order valence-electron chi connectivity index (χ1n) is 9.79. The molecule has 158 valence electrons. The Morgan fingerprint density at radius 2 is 1.94 bits per heavy atom. The molecule has 31 heavy (non-hydrogen) atoms. The molecule has 0 bridgehead atoms. The first-order valence-corrected chi connectivity index (χ1v) is 11.7. The van der Waals surface area contributed by atoms with E-state index in [4.69, 9.17) is 4.74 Å². The maximum absolute atomic E-state index is 13.2. The molecule has 0 aliphatic carbocycles. The molecule has 0 saturated carbocycles. The minimum Gasteiger partial charge on any atom is -0.492 e. The van der Waals surface area contributed by atoms with Gasteiger partial charge in [-0.15, -0.1) is 11.3 Å². The number of para-hydroxylation sites is 3. The Morgan fingerprint density at radius 3 is 2.74 bits per heavy atom. The van der Waals surface area contributed by atoms with E-state index in [1.807, 2.05) is 67.8 Å². The Labute approximate surface area is 187 Å². The van der Waals surface area contributed by atoms with Crippen LogP contribution in [0.1, 0.15) is 12.5 Å². The molecule has 0 aliphatic heterocycles. The van der Waals surface area contributed by atoms with E-state index in [1.54, 1.807) is 10.6 Å². The number of thiophene rings is 1. The van der Waals surface area contributed by atoms with Crippen LogP contribution in [0.5, 0.6) is 5.75 Å². The van der Waals surface area contributed by atoms with Crippen LogP contribution in [0.15, 0.2) is 69.9 Å². The third kappa shape index (κ3) is 4.50. The Hall–Kier alpha value is -3.10. The summed E-state index contributed by atoms with van der Waals surface area (Å²) < 4.78 is 7.76. The number of thioether (sulfide) groups is 1. The van der Waals surface area contributed by atoms with Gasteiger partial charge in [0.05, 0.1) is 29.3 Å². The summed E-state index contributed by atoms with van der Waals surface area (Å²) in [6.45, 7) is 4.35. The van der Waals surface area contributed by atoms with Crippen molar-refractivity contribution >= 4 is 44.9 Å². The number of carbonyl (C=O) groups excluding carboxylic acids is 1. The number of aryl methyl sites for hydroxylation is 1. The Balaban J connectivity index is 1.63. The third-order valence-electron chi connectivity index (χ3n) is 4.60. The number of rotatable bonds is 7. The molecule has 1 N–H and O–H groups in total. The zero-order valence-electron chi connectivity index (χ0n) is 17.1. The molecule has 0 saturated heterocycles. The van der Waals surface area contributed by atoms with Gasteiger partial charge in [-0.3, -0.25) is 14.2 Å². The topological polar surface area (TPSA) is 73.2 Å². The van der Waals surface area contributed by atoms with Crippen LogP contribution < -0.4 is 15.6 Å². The van der Waals surface area contributed by atoms with Crippen LogP contribution in [-0.4, -0.2) is 27.8 Å². The summed E-state index contributed by atoms with van der Waals surface area (Å²) in [6.07, 6.45) is 0. The van der Waals surface area contributed by atoms with Gasteiger partial charge in [-0.25, -0.2) is 4.98 Å². The lowest BCUT2D eigenvalue weighted by atomic mass is 10.2. The lowest BCUT2D eigenvalue weighted by molar-refractivity contribution is -0.113. The fraction of sp³-hybridized carbons (Fsp3) is 0.174. The maximum atomic E-state index is 13.2. The predicted octanol–water partition coefficient (Wildman–Crippen LogP) is 4.89. The standard InChI is InChI=1S/C23H21N3O3S2/c1-3-29-19-11-7-5-9-16(19)24-20(27)14-31-23-25-17-12-13-30-21(17)22(28)26(23)18-10-6-4-8-15(18)2/h4-13H,3,14H2,1-2H3,(H,24,27). The fourth-order valence-electron chi connectivity index (χ4n) is 3.18. The Kier molecular flexibility index (Phi) is 6.39. The van der Waals surface area contributed by atoms with Crippen molar-refractivity contribution in [2.75, 3.05) is 17.7 Å². The molecule has 0 radical (unpaired) electrons. The van der Waals surface area contributed by atoms with Crippen LogP contribution in [0.4, 0.5) is 5.69 Å². The average Bonchev–Trinajstić information content (AvgIpc) is 3.24. The number of ether oxygens (including phenoxy) is 1. The third-order valence-corrected chi connectivity index (χ3v) is 6.43. The maximum Gasteiger partial charge on any atom is 0.276 e. The van der Waals surface area contributed by atoms with Gasteiger partial charge in [-0.05, 0) is 49.1 Å². The number of anilines is 1. The Bertz CT molecular complexity index is 1300. The number of fused-ring (bicyclic) bond motifs is 1. The lowest BCUT2D eigenvalue weighted by Gasteiger charge is -2.14. The summed E-state index contributed by atoms with van der Waals surface area (Å²) in [6, 6.07) is 16.8. The number of nitrogens with one attached hydrogen (secondary N) is 1. The molecule has 0 unspecified atom stereocenters. The number of hydrogen-bond donors (Lipinski definition) is 1. The molecule has 2 heterocycles. The summed E-state index contributed by atoms with van der Waals surface area (Å²) in [5, 5.41) is 5.22. The molecule has 0 atom stereocenters. The van der Waals surface area contributed by atoms with Gasteiger partial charge >= 0.3 is 0 Å². The first kappa shape index (κ1) is 21.1. The van der Waals surface area contributed by atoms with Crippen molar-refractivity contribution in [3.05, 3.63) is 75.9 Å². The van der Waals surface area contributed by atoms with E-state index in [9.17, 15) is 9.59 Å². The summed E-state index contributed by atoms with van der Waals surface area (Å²) in [5.41, 5.74) is 2.86. The summed E-state index contributed by atoms with van der Waals surface area (Å²) in [5.74, 6) is 0.528.